The average molecular weight is 510 g/mol. The van der Waals surface area contributed by atoms with Gasteiger partial charge in [-0.05, 0) is 36.1 Å². The number of fused-ring (bicyclic) bond motifs is 5. The monoisotopic (exact) mass is 509 g/mol. The maximum Gasteiger partial charge on any atom is 0.278 e. The number of carbonyl (C=O) groups excluding carboxylic acids is 1. The summed E-state index contributed by atoms with van der Waals surface area (Å²) in [5, 5.41) is 12.6. The Balaban J connectivity index is 1.56. The SMILES string of the molecule is O=C1c2c(O)c(=O)ccn2N([C@@H]2c3ccccc3SCc3c2ccc(F)c3F)[C@H]2N1CCOC21CC1. The Labute approximate surface area is 208 Å². The molecule has 7 rings (SSSR count). The van der Waals surface area contributed by atoms with Gasteiger partial charge in [0.15, 0.2) is 23.1 Å². The Morgan fingerprint density at radius 3 is 2.67 bits per heavy atom. The van der Waals surface area contributed by atoms with Crippen LogP contribution in [0, 0.1) is 11.6 Å². The number of carbonyl (C=O) groups is 1. The van der Waals surface area contributed by atoms with E-state index in [9.17, 15) is 19.1 Å². The van der Waals surface area contributed by atoms with Gasteiger partial charge in [-0.15, -0.1) is 11.8 Å². The smallest absolute Gasteiger partial charge is 0.278 e. The van der Waals surface area contributed by atoms with Crippen LogP contribution in [0.25, 0.3) is 0 Å². The molecule has 2 atom stereocenters. The molecule has 0 radical (unpaired) electrons. The van der Waals surface area contributed by atoms with Crippen LogP contribution in [0.5, 0.6) is 5.75 Å². The van der Waals surface area contributed by atoms with E-state index in [1.165, 1.54) is 28.7 Å². The van der Waals surface area contributed by atoms with Crippen LogP contribution in [0.15, 0.2) is 58.4 Å². The van der Waals surface area contributed by atoms with Crippen LogP contribution >= 0.6 is 11.8 Å². The number of thioether (sulfide) groups is 1. The van der Waals surface area contributed by atoms with Gasteiger partial charge in [0, 0.05) is 35.0 Å². The number of hydrogen-bond acceptors (Lipinski definition) is 6. The van der Waals surface area contributed by atoms with E-state index in [0.29, 0.717) is 12.2 Å². The third kappa shape index (κ3) is 2.88. The van der Waals surface area contributed by atoms with Crippen LogP contribution in [-0.4, -0.2) is 45.5 Å². The maximum atomic E-state index is 15.2. The molecule has 184 valence electrons. The van der Waals surface area contributed by atoms with Gasteiger partial charge in [-0.3, -0.25) is 19.3 Å². The molecule has 2 aromatic carbocycles. The summed E-state index contributed by atoms with van der Waals surface area (Å²) in [6, 6.07) is 10.9. The van der Waals surface area contributed by atoms with Gasteiger partial charge in [-0.2, -0.15) is 0 Å². The minimum absolute atomic E-state index is 0.144. The molecule has 1 spiro atoms. The molecule has 36 heavy (non-hydrogen) atoms. The second kappa shape index (κ2) is 7.57. The summed E-state index contributed by atoms with van der Waals surface area (Å²) in [7, 11) is 0. The Bertz CT molecular complexity index is 1500. The topological polar surface area (TPSA) is 75.0 Å². The summed E-state index contributed by atoms with van der Waals surface area (Å²) >= 11 is 1.42. The molecular formula is C26H21F2N3O4S. The fourth-order valence-electron chi connectivity index (χ4n) is 5.83. The molecule has 10 heteroatoms. The highest BCUT2D eigenvalue weighted by Gasteiger charge is 2.62. The third-order valence-electron chi connectivity index (χ3n) is 7.62. The first-order chi connectivity index (χ1) is 17.4. The van der Waals surface area contributed by atoms with E-state index in [-0.39, 0.29) is 23.6 Å². The summed E-state index contributed by atoms with van der Waals surface area (Å²) < 4.78 is 37.3. The van der Waals surface area contributed by atoms with Crippen molar-refractivity contribution in [2.75, 3.05) is 18.2 Å². The maximum absolute atomic E-state index is 15.2. The molecule has 2 fully saturated rings. The number of rotatable bonds is 1. The molecular weight excluding hydrogens is 488 g/mol. The molecule has 1 aromatic heterocycles. The minimum Gasteiger partial charge on any atom is -0.502 e. The molecule has 0 bridgehead atoms. The van der Waals surface area contributed by atoms with Crippen molar-refractivity contribution in [2.24, 2.45) is 0 Å². The van der Waals surface area contributed by atoms with Crippen LogP contribution in [0.3, 0.4) is 0 Å². The molecule has 1 amide bonds. The number of ether oxygens (including phenoxy) is 1. The predicted molar refractivity (Wildman–Crippen MR) is 128 cm³/mol. The quantitative estimate of drug-likeness (QED) is 0.541. The molecule has 3 aliphatic heterocycles. The number of nitrogens with zero attached hydrogens (tertiary/aromatic N) is 3. The molecule has 1 aliphatic carbocycles. The molecule has 1 saturated heterocycles. The normalized spacial score (nSPS) is 23.4. The van der Waals surface area contributed by atoms with Crippen molar-refractivity contribution in [1.82, 2.24) is 9.58 Å². The van der Waals surface area contributed by atoms with E-state index < -0.39 is 46.5 Å². The number of morpholine rings is 1. The van der Waals surface area contributed by atoms with E-state index in [2.05, 4.69) is 0 Å². The number of hydrogen-bond donors (Lipinski definition) is 1. The molecule has 0 unspecified atom stereocenters. The van der Waals surface area contributed by atoms with Gasteiger partial charge in [0.1, 0.15) is 11.8 Å². The highest BCUT2D eigenvalue weighted by Crippen LogP contribution is 2.53. The fraction of sp³-hybridized carbons (Fsp3) is 0.308. The van der Waals surface area contributed by atoms with E-state index >= 15 is 4.39 Å². The van der Waals surface area contributed by atoms with Crippen molar-refractivity contribution in [2.45, 2.75) is 41.3 Å². The molecule has 3 aromatic rings. The molecule has 1 saturated carbocycles. The zero-order valence-electron chi connectivity index (χ0n) is 19.0. The number of benzene rings is 2. The first-order valence-electron chi connectivity index (χ1n) is 11.8. The van der Waals surface area contributed by atoms with Crippen LogP contribution in [0.1, 0.15) is 46.1 Å². The molecule has 7 nitrogen and oxygen atoms in total. The molecule has 1 N–H and O–H groups in total. The van der Waals surface area contributed by atoms with Crippen molar-refractivity contribution in [3.8, 4) is 5.75 Å². The van der Waals surface area contributed by atoms with Gasteiger partial charge in [0.25, 0.3) is 5.91 Å². The fourth-order valence-corrected chi connectivity index (χ4v) is 6.94. The van der Waals surface area contributed by atoms with E-state index in [0.717, 1.165) is 29.4 Å². The Hall–Kier alpha value is -3.37. The molecule has 4 heterocycles. The lowest BCUT2D eigenvalue weighted by molar-refractivity contribution is -0.0902. The summed E-state index contributed by atoms with van der Waals surface area (Å²) in [6.45, 7) is 0.611. The van der Waals surface area contributed by atoms with Crippen molar-refractivity contribution >= 4 is 17.7 Å². The number of pyridine rings is 1. The predicted octanol–water partition coefficient (Wildman–Crippen LogP) is 3.51. The number of aromatic hydroxyl groups is 1. The van der Waals surface area contributed by atoms with Gasteiger partial charge >= 0.3 is 0 Å². The first-order valence-corrected chi connectivity index (χ1v) is 12.8. The van der Waals surface area contributed by atoms with E-state index in [4.69, 9.17) is 4.74 Å². The van der Waals surface area contributed by atoms with Crippen LogP contribution < -0.4 is 10.4 Å². The van der Waals surface area contributed by atoms with Gasteiger partial charge in [0.05, 0.1) is 12.6 Å². The Morgan fingerprint density at radius 2 is 1.86 bits per heavy atom. The van der Waals surface area contributed by atoms with E-state index in [1.807, 2.05) is 29.3 Å². The summed E-state index contributed by atoms with van der Waals surface area (Å²) in [4.78, 5) is 28.6. The second-order valence-electron chi connectivity index (χ2n) is 9.55. The standard InChI is InChI=1S/C26H21F2N3O4S/c27-17-6-5-14-16(20(17)28)13-36-19-4-2-1-3-15(19)21(14)31-25-26(8-9-26)35-12-11-29(25)24(34)22-23(33)18(32)7-10-30(22)31/h1-7,10,21,25,33H,8-9,11-13H2/t21-,25+/m0/s1. The lowest BCUT2D eigenvalue weighted by Crippen LogP contribution is -2.70. The number of halogens is 2. The van der Waals surface area contributed by atoms with E-state index in [1.54, 1.807) is 11.0 Å². The number of amides is 1. The average Bonchev–Trinajstić information content (AvgIpc) is 3.67. The van der Waals surface area contributed by atoms with Crippen molar-refractivity contribution in [3.63, 3.8) is 0 Å². The van der Waals surface area contributed by atoms with Gasteiger partial charge in [-0.1, -0.05) is 24.3 Å². The van der Waals surface area contributed by atoms with Crippen LogP contribution in [0.2, 0.25) is 0 Å². The van der Waals surface area contributed by atoms with Gasteiger partial charge < -0.3 is 14.7 Å². The first kappa shape index (κ1) is 21.9. The Morgan fingerprint density at radius 1 is 1.06 bits per heavy atom. The van der Waals surface area contributed by atoms with Gasteiger partial charge in [0.2, 0.25) is 5.43 Å². The zero-order chi connectivity index (χ0) is 24.8. The van der Waals surface area contributed by atoms with Crippen molar-refractivity contribution < 1.29 is 23.4 Å². The van der Waals surface area contributed by atoms with Crippen molar-refractivity contribution in [1.29, 1.82) is 0 Å². The summed E-state index contributed by atoms with van der Waals surface area (Å²) in [6.07, 6.45) is 2.35. The van der Waals surface area contributed by atoms with Gasteiger partial charge in [-0.25, -0.2) is 8.78 Å². The van der Waals surface area contributed by atoms with Crippen molar-refractivity contribution in [3.05, 3.63) is 92.9 Å². The number of aromatic nitrogens is 1. The minimum atomic E-state index is -0.920. The third-order valence-corrected chi connectivity index (χ3v) is 8.74. The second-order valence-corrected chi connectivity index (χ2v) is 10.6. The largest absolute Gasteiger partial charge is 0.502 e. The highest BCUT2D eigenvalue weighted by molar-refractivity contribution is 7.98. The summed E-state index contributed by atoms with van der Waals surface area (Å²) in [5.74, 6) is -2.67. The summed E-state index contributed by atoms with van der Waals surface area (Å²) in [5.41, 5.74) is 0.233. The lowest BCUT2D eigenvalue weighted by atomic mass is 9.92. The lowest BCUT2D eigenvalue weighted by Gasteiger charge is -2.54. The van der Waals surface area contributed by atoms with Crippen LogP contribution in [-0.2, 0) is 10.5 Å². The highest BCUT2D eigenvalue weighted by atomic mass is 32.2. The molecule has 4 aliphatic rings. The van der Waals surface area contributed by atoms with Crippen LogP contribution in [0.4, 0.5) is 8.78 Å². The zero-order valence-corrected chi connectivity index (χ0v) is 19.8. The Kier molecular flexibility index (Phi) is 4.60.